The highest BCUT2D eigenvalue weighted by molar-refractivity contribution is 6.22. The van der Waals surface area contributed by atoms with Crippen LogP contribution < -0.4 is 4.90 Å². The maximum Gasteiger partial charge on any atom is 0.143 e. The first-order valence-electron chi connectivity index (χ1n) is 21.9. The van der Waals surface area contributed by atoms with Crippen molar-refractivity contribution in [3.63, 3.8) is 0 Å². The lowest BCUT2D eigenvalue weighted by atomic mass is 9.84. The Morgan fingerprint density at radius 1 is 0.266 bits per heavy atom. The van der Waals surface area contributed by atoms with Crippen LogP contribution in [-0.2, 0) is 0 Å². The lowest BCUT2D eigenvalue weighted by Gasteiger charge is -2.28. The van der Waals surface area contributed by atoms with Gasteiger partial charge in [0, 0.05) is 33.3 Å². The van der Waals surface area contributed by atoms with Gasteiger partial charge in [0.15, 0.2) is 0 Å². The quantitative estimate of drug-likeness (QED) is 0.142. The summed E-state index contributed by atoms with van der Waals surface area (Å²) in [6.07, 6.45) is 0. The highest BCUT2D eigenvalue weighted by Gasteiger charge is 2.21. The first-order chi connectivity index (χ1) is 31.8. The van der Waals surface area contributed by atoms with Crippen LogP contribution in [0.25, 0.3) is 99.1 Å². The Labute approximate surface area is 372 Å². The van der Waals surface area contributed by atoms with E-state index in [2.05, 4.69) is 241 Å². The summed E-state index contributed by atoms with van der Waals surface area (Å²) in [4.78, 5) is 2.38. The summed E-state index contributed by atoms with van der Waals surface area (Å²) in [6, 6.07) is 89.6. The molecule has 0 saturated carbocycles. The molecule has 1 aromatic heterocycles. The van der Waals surface area contributed by atoms with Gasteiger partial charge in [-0.2, -0.15) is 0 Å². The highest BCUT2D eigenvalue weighted by atomic mass is 16.3. The van der Waals surface area contributed by atoms with Gasteiger partial charge in [-0.1, -0.05) is 206 Å². The van der Waals surface area contributed by atoms with Gasteiger partial charge in [-0.15, -0.1) is 0 Å². The van der Waals surface area contributed by atoms with E-state index < -0.39 is 0 Å². The molecule has 0 bridgehead atoms. The summed E-state index contributed by atoms with van der Waals surface area (Å²) < 4.78 is 6.45. The van der Waals surface area contributed by atoms with Crippen molar-refractivity contribution in [2.75, 3.05) is 4.90 Å². The van der Waals surface area contributed by atoms with Crippen LogP contribution in [0, 0.1) is 0 Å². The molecule has 0 fully saturated rings. The summed E-state index contributed by atoms with van der Waals surface area (Å²) in [7, 11) is 0. The fourth-order valence-electron chi connectivity index (χ4n) is 9.71. The smallest absolute Gasteiger partial charge is 0.143 e. The van der Waals surface area contributed by atoms with E-state index in [4.69, 9.17) is 4.42 Å². The predicted molar refractivity (Wildman–Crippen MR) is 271 cm³/mol. The molecular formula is C62H41NO. The van der Waals surface area contributed by atoms with E-state index in [1.54, 1.807) is 0 Å². The molecule has 12 aromatic rings. The van der Waals surface area contributed by atoms with Gasteiger partial charge in [0.2, 0.25) is 0 Å². The summed E-state index contributed by atoms with van der Waals surface area (Å²) >= 11 is 0. The molecule has 0 aliphatic heterocycles. The molecule has 0 N–H and O–H groups in total. The number of hydrogen-bond donors (Lipinski definition) is 0. The highest BCUT2D eigenvalue weighted by Crippen LogP contribution is 2.47. The Morgan fingerprint density at radius 3 is 1.42 bits per heavy atom. The Kier molecular flexibility index (Phi) is 9.20. The molecule has 0 spiro atoms. The maximum atomic E-state index is 6.45. The van der Waals surface area contributed by atoms with Gasteiger partial charge in [0.1, 0.15) is 11.2 Å². The predicted octanol–water partition coefficient (Wildman–Crippen LogP) is 17.7. The number of anilines is 3. The molecule has 1 heterocycles. The van der Waals surface area contributed by atoms with Crippen molar-refractivity contribution in [1.29, 1.82) is 0 Å². The topological polar surface area (TPSA) is 16.4 Å². The first kappa shape index (κ1) is 37.3. The van der Waals surface area contributed by atoms with E-state index in [9.17, 15) is 0 Å². The average Bonchev–Trinajstić information content (AvgIpc) is 3.76. The molecule has 12 rings (SSSR count). The van der Waals surface area contributed by atoms with Gasteiger partial charge >= 0.3 is 0 Å². The van der Waals surface area contributed by atoms with Crippen molar-refractivity contribution >= 4 is 60.5 Å². The van der Waals surface area contributed by atoms with Crippen LogP contribution >= 0.6 is 0 Å². The molecule has 0 aliphatic carbocycles. The third kappa shape index (κ3) is 6.44. The van der Waals surface area contributed by atoms with Crippen LogP contribution in [0.15, 0.2) is 253 Å². The summed E-state index contributed by atoms with van der Waals surface area (Å²) in [5.74, 6) is 0. The largest absolute Gasteiger partial charge is 0.455 e. The molecule has 64 heavy (non-hydrogen) atoms. The van der Waals surface area contributed by atoms with Gasteiger partial charge in [-0.05, 0) is 109 Å². The van der Waals surface area contributed by atoms with Crippen molar-refractivity contribution in [3.05, 3.63) is 249 Å². The molecule has 0 saturated heterocycles. The molecule has 300 valence electrons. The minimum Gasteiger partial charge on any atom is -0.455 e. The van der Waals surface area contributed by atoms with Crippen LogP contribution in [0.3, 0.4) is 0 Å². The standard InChI is InChI=1S/C62H41NO/c1-4-17-43(18-5-1)50-23-12-14-29-58(50)63(49-38-33-44(34-39-49)51-27-16-28-56-54-25-13-15-30-59(54)64-62(51)56)48-36-31-42(32-37-48)47-35-40-53-52-24-10-11-26-55(52)60(45-19-6-2-7-20-45)61(57(53)41-47)46-21-8-3-9-22-46/h1-41H. The van der Waals surface area contributed by atoms with E-state index in [0.29, 0.717) is 0 Å². The third-order valence-corrected chi connectivity index (χ3v) is 12.7. The van der Waals surface area contributed by atoms with E-state index in [1.807, 2.05) is 12.1 Å². The normalized spacial score (nSPS) is 11.4. The summed E-state index contributed by atoms with van der Waals surface area (Å²) in [6.45, 7) is 0. The van der Waals surface area contributed by atoms with E-state index in [1.165, 1.54) is 54.9 Å². The van der Waals surface area contributed by atoms with Crippen LogP contribution in [-0.4, -0.2) is 0 Å². The maximum absolute atomic E-state index is 6.45. The third-order valence-electron chi connectivity index (χ3n) is 12.7. The first-order valence-corrected chi connectivity index (χ1v) is 21.9. The Morgan fingerprint density at radius 2 is 0.734 bits per heavy atom. The zero-order chi connectivity index (χ0) is 42.4. The monoisotopic (exact) mass is 815 g/mol. The van der Waals surface area contributed by atoms with Crippen LogP contribution in [0.5, 0.6) is 0 Å². The second-order valence-corrected chi connectivity index (χ2v) is 16.4. The van der Waals surface area contributed by atoms with E-state index in [0.717, 1.165) is 61.3 Å². The van der Waals surface area contributed by atoms with E-state index in [-0.39, 0.29) is 0 Å². The average molecular weight is 816 g/mol. The van der Waals surface area contributed by atoms with Crippen molar-refractivity contribution in [2.24, 2.45) is 0 Å². The molecule has 0 radical (unpaired) electrons. The molecule has 0 aliphatic rings. The number of para-hydroxylation sites is 3. The number of rotatable bonds is 8. The van der Waals surface area contributed by atoms with Crippen molar-refractivity contribution in [2.45, 2.75) is 0 Å². The summed E-state index contributed by atoms with van der Waals surface area (Å²) in [5, 5.41) is 7.26. The lowest BCUT2D eigenvalue weighted by molar-refractivity contribution is 0.670. The molecule has 0 atom stereocenters. The molecule has 0 unspecified atom stereocenters. The number of furan rings is 1. The molecule has 2 heteroatoms. The number of hydrogen-bond acceptors (Lipinski definition) is 2. The molecule has 0 amide bonds. The lowest BCUT2D eigenvalue weighted by Crippen LogP contribution is -2.11. The fraction of sp³-hybridized carbons (Fsp3) is 0. The van der Waals surface area contributed by atoms with Crippen molar-refractivity contribution in [3.8, 4) is 55.6 Å². The second-order valence-electron chi connectivity index (χ2n) is 16.4. The minimum absolute atomic E-state index is 0.902. The van der Waals surface area contributed by atoms with Crippen LogP contribution in [0.4, 0.5) is 17.1 Å². The van der Waals surface area contributed by atoms with Gasteiger partial charge < -0.3 is 9.32 Å². The van der Waals surface area contributed by atoms with Gasteiger partial charge in [-0.25, -0.2) is 0 Å². The zero-order valence-corrected chi connectivity index (χ0v) is 35.0. The number of fused-ring (bicyclic) bond motifs is 6. The van der Waals surface area contributed by atoms with Gasteiger partial charge in [-0.3, -0.25) is 0 Å². The zero-order valence-electron chi connectivity index (χ0n) is 35.0. The fourth-order valence-corrected chi connectivity index (χ4v) is 9.71. The second kappa shape index (κ2) is 15.8. The Balaban J connectivity index is 0.994. The van der Waals surface area contributed by atoms with E-state index >= 15 is 0 Å². The molecule has 2 nitrogen and oxygen atoms in total. The SMILES string of the molecule is c1ccc(-c2ccccc2N(c2ccc(-c3ccc4c(c3)c(-c3ccccc3)c(-c3ccccc3)c3ccccc34)cc2)c2ccc(-c3cccc4c3oc3ccccc34)cc2)cc1. The van der Waals surface area contributed by atoms with Crippen LogP contribution in [0.2, 0.25) is 0 Å². The number of nitrogens with zero attached hydrogens (tertiary/aromatic N) is 1. The van der Waals surface area contributed by atoms with Gasteiger partial charge in [0.05, 0.1) is 5.69 Å². The Bertz CT molecular complexity index is 3630. The van der Waals surface area contributed by atoms with Crippen molar-refractivity contribution in [1.82, 2.24) is 0 Å². The van der Waals surface area contributed by atoms with Crippen molar-refractivity contribution < 1.29 is 4.42 Å². The molecular weight excluding hydrogens is 775 g/mol. The number of benzene rings is 11. The summed E-state index contributed by atoms with van der Waals surface area (Å²) in [5.41, 5.74) is 16.8. The molecule has 11 aromatic carbocycles. The van der Waals surface area contributed by atoms with Crippen LogP contribution in [0.1, 0.15) is 0 Å². The minimum atomic E-state index is 0.902. The van der Waals surface area contributed by atoms with Gasteiger partial charge in [0.25, 0.3) is 0 Å². The Hall–Kier alpha value is -8.46.